The van der Waals surface area contributed by atoms with Crippen LogP contribution in [0.2, 0.25) is 0 Å². The van der Waals surface area contributed by atoms with Gasteiger partial charge in [-0.1, -0.05) is 30.3 Å². The summed E-state index contributed by atoms with van der Waals surface area (Å²) >= 11 is 0. The molecule has 0 aromatic heterocycles. The Morgan fingerprint density at radius 1 is 1.14 bits per heavy atom. The van der Waals surface area contributed by atoms with Gasteiger partial charge in [-0.05, 0) is 42.4 Å². The zero-order valence-electron chi connectivity index (χ0n) is 15.6. The molecule has 28 heavy (non-hydrogen) atoms. The molecule has 2 aromatic carbocycles. The van der Waals surface area contributed by atoms with Crippen LogP contribution in [-0.4, -0.2) is 38.2 Å². The molecule has 2 amide bonds. The molecular weight excluding hydrogens is 354 g/mol. The molecule has 7 nitrogen and oxygen atoms in total. The van der Waals surface area contributed by atoms with E-state index < -0.39 is 0 Å². The van der Waals surface area contributed by atoms with E-state index >= 15 is 0 Å². The third-order valence-electron chi connectivity index (χ3n) is 4.98. The molecule has 0 radical (unpaired) electrons. The van der Waals surface area contributed by atoms with Crippen LogP contribution in [0.4, 0.5) is 11.4 Å². The zero-order valence-corrected chi connectivity index (χ0v) is 15.6. The van der Waals surface area contributed by atoms with E-state index in [-0.39, 0.29) is 30.4 Å². The highest BCUT2D eigenvalue weighted by atomic mass is 16.2. The van der Waals surface area contributed by atoms with Gasteiger partial charge in [-0.3, -0.25) is 14.9 Å². The van der Waals surface area contributed by atoms with Crippen LogP contribution in [-0.2, 0) is 9.59 Å². The van der Waals surface area contributed by atoms with Crippen molar-refractivity contribution >= 4 is 28.8 Å². The van der Waals surface area contributed by atoms with Crippen molar-refractivity contribution < 1.29 is 9.59 Å². The molecule has 7 heteroatoms. The Hall–Kier alpha value is -3.16. The Balaban J connectivity index is 1.63. The Morgan fingerprint density at radius 2 is 1.89 bits per heavy atom. The van der Waals surface area contributed by atoms with E-state index in [0.29, 0.717) is 6.67 Å². The standard InChI is InChI=1S/C21H23N5O2/c1-22-11-18(27)25-15-9-7-14(8-10-15)17-12-26(16-5-3-2-4-6-16)20-19(17)21(28)24-13-23-20/h2-10,12,19-20,22-23H,11,13H2,1H3,(H,24,28)(H,25,27). The van der Waals surface area contributed by atoms with Crippen LogP contribution < -0.4 is 26.2 Å². The molecule has 1 saturated heterocycles. The molecule has 2 atom stereocenters. The van der Waals surface area contributed by atoms with E-state index in [1.807, 2.05) is 60.8 Å². The fourth-order valence-electron chi connectivity index (χ4n) is 3.70. The number of fused-ring (bicyclic) bond motifs is 1. The van der Waals surface area contributed by atoms with Gasteiger partial charge in [0.25, 0.3) is 0 Å². The van der Waals surface area contributed by atoms with E-state index in [9.17, 15) is 9.59 Å². The van der Waals surface area contributed by atoms with Gasteiger partial charge < -0.3 is 20.9 Å². The highest BCUT2D eigenvalue weighted by Gasteiger charge is 2.43. The molecule has 4 N–H and O–H groups in total. The Bertz CT molecular complexity index is 895. The van der Waals surface area contributed by atoms with Crippen molar-refractivity contribution in [3.8, 4) is 0 Å². The number of hydrogen-bond acceptors (Lipinski definition) is 5. The smallest absolute Gasteiger partial charge is 0.238 e. The van der Waals surface area contributed by atoms with Gasteiger partial charge >= 0.3 is 0 Å². The summed E-state index contributed by atoms with van der Waals surface area (Å²) in [6.07, 6.45) is 1.91. The topological polar surface area (TPSA) is 85.5 Å². The maximum absolute atomic E-state index is 12.6. The minimum atomic E-state index is -0.307. The summed E-state index contributed by atoms with van der Waals surface area (Å²) in [5.74, 6) is -0.389. The molecule has 0 spiro atoms. The molecule has 2 unspecified atom stereocenters. The molecule has 0 aliphatic carbocycles. The summed E-state index contributed by atoms with van der Waals surface area (Å²) in [5, 5.41) is 11.9. The van der Waals surface area contributed by atoms with Crippen molar-refractivity contribution in [1.82, 2.24) is 16.0 Å². The van der Waals surface area contributed by atoms with Crippen molar-refractivity contribution in [2.75, 3.05) is 30.5 Å². The third kappa shape index (κ3) is 3.49. The van der Waals surface area contributed by atoms with Crippen molar-refractivity contribution in [3.63, 3.8) is 0 Å². The maximum atomic E-state index is 12.6. The van der Waals surface area contributed by atoms with Crippen LogP contribution in [0.25, 0.3) is 5.57 Å². The van der Waals surface area contributed by atoms with Crippen LogP contribution in [0.1, 0.15) is 5.56 Å². The summed E-state index contributed by atoms with van der Waals surface area (Å²) in [6, 6.07) is 17.6. The van der Waals surface area contributed by atoms with Crippen molar-refractivity contribution in [3.05, 3.63) is 66.4 Å². The number of rotatable bonds is 5. The molecule has 2 aromatic rings. The predicted molar refractivity (Wildman–Crippen MR) is 109 cm³/mol. The Morgan fingerprint density at radius 3 is 2.61 bits per heavy atom. The number of benzene rings is 2. The Kier molecular flexibility index (Phi) is 5.10. The van der Waals surface area contributed by atoms with E-state index in [4.69, 9.17) is 0 Å². The molecule has 0 saturated carbocycles. The largest absolute Gasteiger partial charge is 0.343 e. The van der Waals surface area contributed by atoms with Gasteiger partial charge in [0.1, 0.15) is 6.17 Å². The van der Waals surface area contributed by atoms with Crippen LogP contribution in [0.5, 0.6) is 0 Å². The number of anilines is 2. The second-order valence-corrected chi connectivity index (χ2v) is 6.83. The van der Waals surface area contributed by atoms with Crippen molar-refractivity contribution in [1.29, 1.82) is 0 Å². The number of amides is 2. The monoisotopic (exact) mass is 377 g/mol. The summed E-state index contributed by atoms with van der Waals surface area (Å²) in [7, 11) is 1.73. The molecule has 2 aliphatic rings. The average molecular weight is 377 g/mol. The lowest BCUT2D eigenvalue weighted by Crippen LogP contribution is -2.58. The number of para-hydroxylation sites is 1. The average Bonchev–Trinajstić information content (AvgIpc) is 3.10. The fraction of sp³-hybridized carbons (Fsp3) is 0.238. The normalized spacial score (nSPS) is 21.0. The molecule has 144 valence electrons. The predicted octanol–water partition coefficient (Wildman–Crippen LogP) is 1.32. The number of carbonyl (C=O) groups is 2. The first-order chi connectivity index (χ1) is 13.7. The van der Waals surface area contributed by atoms with Crippen LogP contribution >= 0.6 is 0 Å². The number of nitrogens with zero attached hydrogens (tertiary/aromatic N) is 1. The highest BCUT2D eigenvalue weighted by molar-refractivity contribution is 5.97. The minimum Gasteiger partial charge on any atom is -0.343 e. The molecule has 0 bridgehead atoms. The van der Waals surface area contributed by atoms with Crippen molar-refractivity contribution in [2.24, 2.45) is 5.92 Å². The maximum Gasteiger partial charge on any atom is 0.238 e. The lowest BCUT2D eigenvalue weighted by Gasteiger charge is -2.34. The summed E-state index contributed by atoms with van der Waals surface area (Å²) < 4.78 is 0. The third-order valence-corrected chi connectivity index (χ3v) is 4.98. The van der Waals surface area contributed by atoms with E-state index in [2.05, 4.69) is 26.2 Å². The molecule has 2 heterocycles. The van der Waals surface area contributed by atoms with Gasteiger partial charge in [0.15, 0.2) is 0 Å². The molecular formula is C21H23N5O2. The molecule has 1 fully saturated rings. The number of nitrogens with one attached hydrogen (secondary N) is 4. The second-order valence-electron chi connectivity index (χ2n) is 6.83. The number of carbonyl (C=O) groups excluding carboxylic acids is 2. The molecule has 2 aliphatic heterocycles. The van der Waals surface area contributed by atoms with Gasteiger partial charge in [-0.2, -0.15) is 0 Å². The second kappa shape index (κ2) is 7.84. The van der Waals surface area contributed by atoms with Crippen LogP contribution in [0, 0.1) is 5.92 Å². The Labute approximate surface area is 163 Å². The van der Waals surface area contributed by atoms with Crippen molar-refractivity contribution in [2.45, 2.75) is 6.17 Å². The van der Waals surface area contributed by atoms with E-state index in [1.54, 1.807) is 7.05 Å². The first-order valence-electron chi connectivity index (χ1n) is 9.28. The van der Waals surface area contributed by atoms with Gasteiger partial charge in [-0.25, -0.2) is 0 Å². The summed E-state index contributed by atoms with van der Waals surface area (Å²) in [6.45, 7) is 0.704. The highest BCUT2D eigenvalue weighted by Crippen LogP contribution is 2.38. The van der Waals surface area contributed by atoms with Gasteiger partial charge in [0, 0.05) is 17.6 Å². The quantitative estimate of drug-likeness (QED) is 0.632. The fourth-order valence-corrected chi connectivity index (χ4v) is 3.70. The van der Waals surface area contributed by atoms with Crippen LogP contribution in [0.3, 0.4) is 0 Å². The number of hydrogen-bond donors (Lipinski definition) is 4. The zero-order chi connectivity index (χ0) is 19.5. The lowest BCUT2D eigenvalue weighted by atomic mass is 9.91. The summed E-state index contributed by atoms with van der Waals surface area (Å²) in [5.41, 5.74) is 3.67. The van der Waals surface area contributed by atoms with Gasteiger partial charge in [0.05, 0.1) is 19.1 Å². The summed E-state index contributed by atoms with van der Waals surface area (Å²) in [4.78, 5) is 26.5. The molecule has 4 rings (SSSR count). The SMILES string of the molecule is CNCC(=O)Nc1ccc(C2=CN(c3ccccc3)C3NCNC(=O)C23)cc1. The van der Waals surface area contributed by atoms with Gasteiger partial charge in [-0.15, -0.1) is 0 Å². The first kappa shape index (κ1) is 18.2. The minimum absolute atomic E-state index is 0.0137. The van der Waals surface area contributed by atoms with E-state index in [1.165, 1.54) is 0 Å². The number of likely N-dealkylation sites (N-methyl/N-ethyl adjacent to an activating group) is 1. The van der Waals surface area contributed by atoms with Crippen LogP contribution in [0.15, 0.2) is 60.8 Å². The lowest BCUT2D eigenvalue weighted by molar-refractivity contribution is -0.125. The first-order valence-corrected chi connectivity index (χ1v) is 9.28. The van der Waals surface area contributed by atoms with Gasteiger partial charge in [0.2, 0.25) is 11.8 Å². The van der Waals surface area contributed by atoms with E-state index in [0.717, 1.165) is 22.5 Å².